The molecule has 3 N–H and O–H groups in total. The number of rotatable bonds is 3. The van der Waals surface area contributed by atoms with Gasteiger partial charge in [-0.1, -0.05) is 12.1 Å². The Labute approximate surface area is 113 Å². The molecule has 5 nitrogen and oxygen atoms in total. The van der Waals surface area contributed by atoms with Gasteiger partial charge in [-0.3, -0.25) is 9.78 Å². The maximum atomic E-state index is 11.8. The third-order valence-electron chi connectivity index (χ3n) is 2.84. The standard InChI is InChI=1S/C13H12N2O3S/c1-7-10(11(16)15-13(19)14-7)6-8-2-4-9(5-3-8)12(17)18/h2-5H,6H2,1H3,(H,17,18)(H2,14,15,16,19). The first-order chi connectivity index (χ1) is 8.97. The minimum absolute atomic E-state index is 0.219. The molecule has 0 radical (unpaired) electrons. The summed E-state index contributed by atoms with van der Waals surface area (Å²) in [7, 11) is 0. The van der Waals surface area contributed by atoms with Gasteiger partial charge in [0.1, 0.15) is 0 Å². The van der Waals surface area contributed by atoms with Crippen molar-refractivity contribution < 1.29 is 9.90 Å². The van der Waals surface area contributed by atoms with Gasteiger partial charge in [0.25, 0.3) is 5.56 Å². The van der Waals surface area contributed by atoms with E-state index in [9.17, 15) is 9.59 Å². The second-order valence-electron chi connectivity index (χ2n) is 4.19. The zero-order valence-electron chi connectivity index (χ0n) is 10.2. The van der Waals surface area contributed by atoms with Gasteiger partial charge in [0, 0.05) is 17.7 Å². The van der Waals surface area contributed by atoms with E-state index in [-0.39, 0.29) is 11.1 Å². The lowest BCUT2D eigenvalue weighted by Crippen LogP contribution is -2.16. The van der Waals surface area contributed by atoms with Crippen molar-refractivity contribution in [3.63, 3.8) is 0 Å². The van der Waals surface area contributed by atoms with Crippen LogP contribution in [-0.4, -0.2) is 21.0 Å². The Balaban J connectivity index is 2.34. The molecule has 2 aromatic rings. The molecule has 2 rings (SSSR count). The minimum Gasteiger partial charge on any atom is -0.478 e. The van der Waals surface area contributed by atoms with E-state index in [1.54, 1.807) is 19.1 Å². The van der Waals surface area contributed by atoms with Crippen molar-refractivity contribution >= 4 is 18.2 Å². The number of aromatic nitrogens is 2. The molecule has 0 amide bonds. The van der Waals surface area contributed by atoms with Crippen LogP contribution in [0.2, 0.25) is 0 Å². The summed E-state index contributed by atoms with van der Waals surface area (Å²) in [4.78, 5) is 28.0. The summed E-state index contributed by atoms with van der Waals surface area (Å²) in [5, 5.41) is 8.81. The van der Waals surface area contributed by atoms with Crippen molar-refractivity contribution in [2.45, 2.75) is 13.3 Å². The first kappa shape index (κ1) is 13.2. The van der Waals surface area contributed by atoms with E-state index in [0.717, 1.165) is 11.3 Å². The number of aromatic amines is 2. The Hall–Kier alpha value is -2.21. The van der Waals surface area contributed by atoms with Crippen LogP contribution in [0.4, 0.5) is 0 Å². The van der Waals surface area contributed by atoms with E-state index in [2.05, 4.69) is 9.97 Å². The van der Waals surface area contributed by atoms with Gasteiger partial charge < -0.3 is 10.1 Å². The maximum absolute atomic E-state index is 11.8. The van der Waals surface area contributed by atoms with E-state index in [1.807, 2.05) is 0 Å². The van der Waals surface area contributed by atoms with Gasteiger partial charge in [-0.25, -0.2) is 4.79 Å². The first-order valence-corrected chi connectivity index (χ1v) is 6.02. The number of aromatic carboxylic acids is 1. The Morgan fingerprint density at radius 1 is 1.26 bits per heavy atom. The highest BCUT2D eigenvalue weighted by molar-refractivity contribution is 7.71. The van der Waals surface area contributed by atoms with Crippen LogP contribution in [0.25, 0.3) is 0 Å². The molecule has 1 aromatic heterocycles. The molecule has 19 heavy (non-hydrogen) atoms. The van der Waals surface area contributed by atoms with Crippen molar-refractivity contribution in [2.24, 2.45) is 0 Å². The van der Waals surface area contributed by atoms with Crippen molar-refractivity contribution in [2.75, 3.05) is 0 Å². The fraction of sp³-hybridized carbons (Fsp3) is 0.154. The number of aryl methyl sites for hydroxylation is 1. The summed E-state index contributed by atoms with van der Waals surface area (Å²) in [5.41, 5.74) is 2.18. The summed E-state index contributed by atoms with van der Waals surface area (Å²) < 4.78 is 0.299. The summed E-state index contributed by atoms with van der Waals surface area (Å²) in [6.07, 6.45) is 0.424. The number of benzene rings is 1. The fourth-order valence-corrected chi connectivity index (χ4v) is 2.05. The maximum Gasteiger partial charge on any atom is 0.335 e. The number of hydrogen-bond donors (Lipinski definition) is 3. The average molecular weight is 276 g/mol. The lowest BCUT2D eigenvalue weighted by atomic mass is 10.0. The molecule has 0 fully saturated rings. The smallest absolute Gasteiger partial charge is 0.335 e. The van der Waals surface area contributed by atoms with E-state index >= 15 is 0 Å². The molecule has 0 bridgehead atoms. The van der Waals surface area contributed by atoms with E-state index in [0.29, 0.717) is 16.8 Å². The number of carboxylic acids is 1. The van der Waals surface area contributed by atoms with Crippen molar-refractivity contribution in [3.8, 4) is 0 Å². The number of nitrogens with one attached hydrogen (secondary N) is 2. The Kier molecular flexibility index (Phi) is 3.62. The molecule has 0 saturated carbocycles. The SMILES string of the molecule is Cc1[nH]c(=S)[nH]c(=O)c1Cc1ccc(C(=O)O)cc1. The zero-order chi connectivity index (χ0) is 14.0. The quantitative estimate of drug-likeness (QED) is 0.749. The summed E-state index contributed by atoms with van der Waals surface area (Å²) in [6, 6.07) is 6.44. The molecule has 0 atom stereocenters. The molecule has 1 aromatic carbocycles. The third kappa shape index (κ3) is 2.97. The van der Waals surface area contributed by atoms with E-state index in [1.165, 1.54) is 12.1 Å². The van der Waals surface area contributed by atoms with Crippen LogP contribution in [0.5, 0.6) is 0 Å². The summed E-state index contributed by atoms with van der Waals surface area (Å²) in [5.74, 6) is -0.968. The predicted octanol–water partition coefficient (Wildman–Crippen LogP) is 2.03. The monoisotopic (exact) mass is 276 g/mol. The minimum atomic E-state index is -0.968. The van der Waals surface area contributed by atoms with Gasteiger partial charge in [0.2, 0.25) is 0 Å². The van der Waals surface area contributed by atoms with Crippen LogP contribution >= 0.6 is 12.2 Å². The number of H-pyrrole nitrogens is 2. The van der Waals surface area contributed by atoms with Crippen molar-refractivity contribution in [1.29, 1.82) is 0 Å². The number of carbonyl (C=O) groups is 1. The van der Waals surface area contributed by atoms with E-state index in [4.69, 9.17) is 17.3 Å². The van der Waals surface area contributed by atoms with Crippen LogP contribution in [-0.2, 0) is 6.42 Å². The van der Waals surface area contributed by atoms with Crippen molar-refractivity contribution in [3.05, 3.63) is 61.8 Å². The molecule has 98 valence electrons. The largest absolute Gasteiger partial charge is 0.478 e. The van der Waals surface area contributed by atoms with Gasteiger partial charge in [-0.15, -0.1) is 0 Å². The molecule has 6 heteroatoms. The molecule has 0 aliphatic heterocycles. The Morgan fingerprint density at radius 3 is 2.42 bits per heavy atom. The van der Waals surface area contributed by atoms with Crippen LogP contribution in [0.1, 0.15) is 27.2 Å². The topological polar surface area (TPSA) is 86.0 Å². The van der Waals surface area contributed by atoms with Crippen molar-refractivity contribution in [1.82, 2.24) is 9.97 Å². The molecule has 0 saturated heterocycles. The van der Waals surface area contributed by atoms with Crippen LogP contribution in [0.15, 0.2) is 29.1 Å². The molecular formula is C13H12N2O3S. The second-order valence-corrected chi connectivity index (χ2v) is 4.60. The molecule has 0 aliphatic carbocycles. The number of carboxylic acid groups (broad SMARTS) is 1. The lowest BCUT2D eigenvalue weighted by Gasteiger charge is -2.05. The molecule has 1 heterocycles. The highest BCUT2D eigenvalue weighted by Gasteiger charge is 2.07. The highest BCUT2D eigenvalue weighted by Crippen LogP contribution is 2.10. The highest BCUT2D eigenvalue weighted by atomic mass is 32.1. The molecular weight excluding hydrogens is 264 g/mol. The van der Waals surface area contributed by atoms with Gasteiger partial charge in [0.05, 0.1) is 5.56 Å². The normalized spacial score (nSPS) is 10.4. The Morgan fingerprint density at radius 2 is 1.89 bits per heavy atom. The molecule has 0 aliphatic rings. The van der Waals surface area contributed by atoms with Gasteiger partial charge in [0.15, 0.2) is 4.77 Å². The second kappa shape index (κ2) is 5.19. The van der Waals surface area contributed by atoms with Gasteiger partial charge in [-0.2, -0.15) is 0 Å². The van der Waals surface area contributed by atoms with Crippen LogP contribution in [0, 0.1) is 11.7 Å². The zero-order valence-corrected chi connectivity index (χ0v) is 11.0. The molecule has 0 unspecified atom stereocenters. The van der Waals surface area contributed by atoms with E-state index < -0.39 is 5.97 Å². The third-order valence-corrected chi connectivity index (χ3v) is 3.04. The fourth-order valence-electron chi connectivity index (χ4n) is 1.81. The van der Waals surface area contributed by atoms with Crippen LogP contribution in [0.3, 0.4) is 0 Å². The lowest BCUT2D eigenvalue weighted by molar-refractivity contribution is 0.0697. The Bertz CT molecular complexity index is 729. The van der Waals surface area contributed by atoms with Gasteiger partial charge >= 0.3 is 5.97 Å². The predicted molar refractivity (Wildman–Crippen MR) is 73.2 cm³/mol. The average Bonchev–Trinajstić information content (AvgIpc) is 2.34. The number of hydrogen-bond acceptors (Lipinski definition) is 3. The summed E-state index contributed by atoms with van der Waals surface area (Å²) in [6.45, 7) is 1.78. The summed E-state index contributed by atoms with van der Waals surface area (Å²) >= 11 is 4.88. The molecule has 0 spiro atoms. The first-order valence-electron chi connectivity index (χ1n) is 5.61. The van der Waals surface area contributed by atoms with Crippen LogP contribution < -0.4 is 5.56 Å². The van der Waals surface area contributed by atoms with Gasteiger partial charge in [-0.05, 0) is 36.8 Å².